The zero-order valence-electron chi connectivity index (χ0n) is 15.6. The maximum Gasteiger partial charge on any atom is 0.221 e. The minimum absolute atomic E-state index is 0.0406. The molecule has 1 fully saturated rings. The Morgan fingerprint density at radius 2 is 1.96 bits per heavy atom. The van der Waals surface area contributed by atoms with Crippen LogP contribution in [0.3, 0.4) is 0 Å². The molecule has 138 valence electrons. The topological polar surface area (TPSA) is 62.4 Å². The van der Waals surface area contributed by atoms with E-state index in [1.54, 1.807) is 7.11 Å². The van der Waals surface area contributed by atoms with E-state index in [-0.39, 0.29) is 24.0 Å². The summed E-state index contributed by atoms with van der Waals surface area (Å²) in [6.07, 6.45) is 1.01. The van der Waals surface area contributed by atoms with E-state index < -0.39 is 0 Å². The SMILES string of the molecule is COc1cccc(CCC(=O)NC2NNC(C)C2c2cccc(C)c2)c1. The lowest BCUT2D eigenvalue weighted by atomic mass is 9.90. The van der Waals surface area contributed by atoms with E-state index in [9.17, 15) is 4.79 Å². The fourth-order valence-corrected chi connectivity index (χ4v) is 3.51. The van der Waals surface area contributed by atoms with E-state index in [0.29, 0.717) is 12.8 Å². The molecule has 1 heterocycles. The van der Waals surface area contributed by atoms with Crippen LogP contribution in [0.4, 0.5) is 0 Å². The number of amides is 1. The fourth-order valence-electron chi connectivity index (χ4n) is 3.51. The zero-order chi connectivity index (χ0) is 18.5. The van der Waals surface area contributed by atoms with E-state index in [2.05, 4.69) is 54.3 Å². The summed E-state index contributed by atoms with van der Waals surface area (Å²) in [4.78, 5) is 12.5. The Bertz CT molecular complexity index is 762. The van der Waals surface area contributed by atoms with Crippen molar-refractivity contribution in [3.05, 3.63) is 65.2 Å². The molecule has 3 unspecified atom stereocenters. The van der Waals surface area contributed by atoms with Gasteiger partial charge in [0, 0.05) is 18.4 Å². The first-order chi connectivity index (χ1) is 12.6. The molecule has 0 aromatic heterocycles. The van der Waals surface area contributed by atoms with Crippen molar-refractivity contribution < 1.29 is 9.53 Å². The van der Waals surface area contributed by atoms with Gasteiger partial charge in [0.05, 0.1) is 7.11 Å². The minimum atomic E-state index is -0.121. The monoisotopic (exact) mass is 353 g/mol. The fraction of sp³-hybridized carbons (Fsp3) is 0.381. The Morgan fingerprint density at radius 1 is 1.15 bits per heavy atom. The van der Waals surface area contributed by atoms with Crippen LogP contribution in [0.1, 0.15) is 36.0 Å². The molecule has 2 aromatic carbocycles. The molecule has 5 nitrogen and oxygen atoms in total. The van der Waals surface area contributed by atoms with Crippen LogP contribution < -0.4 is 20.9 Å². The highest BCUT2D eigenvalue weighted by Gasteiger charge is 2.35. The van der Waals surface area contributed by atoms with Crippen LogP contribution in [0.5, 0.6) is 5.75 Å². The predicted octanol–water partition coefficient (Wildman–Crippen LogP) is 2.66. The highest BCUT2D eigenvalue weighted by atomic mass is 16.5. The van der Waals surface area contributed by atoms with Gasteiger partial charge in [-0.1, -0.05) is 42.0 Å². The second-order valence-corrected chi connectivity index (χ2v) is 6.91. The number of ether oxygens (including phenoxy) is 1. The first-order valence-corrected chi connectivity index (χ1v) is 9.07. The largest absolute Gasteiger partial charge is 0.497 e. The van der Waals surface area contributed by atoms with Crippen molar-refractivity contribution in [2.45, 2.75) is 44.8 Å². The second kappa shape index (κ2) is 8.34. The van der Waals surface area contributed by atoms with E-state index in [1.807, 2.05) is 24.3 Å². The molecule has 0 aliphatic carbocycles. The Hall–Kier alpha value is -2.37. The summed E-state index contributed by atoms with van der Waals surface area (Å²) in [6.45, 7) is 4.22. The van der Waals surface area contributed by atoms with Gasteiger partial charge in [-0.2, -0.15) is 0 Å². The molecule has 1 saturated heterocycles. The number of hydrogen-bond acceptors (Lipinski definition) is 4. The van der Waals surface area contributed by atoms with Crippen LogP contribution in [0.25, 0.3) is 0 Å². The number of hydrazine groups is 1. The first kappa shape index (κ1) is 18.4. The van der Waals surface area contributed by atoms with Gasteiger partial charge in [-0.3, -0.25) is 10.2 Å². The third-order valence-corrected chi connectivity index (χ3v) is 4.88. The van der Waals surface area contributed by atoms with Crippen molar-refractivity contribution in [2.75, 3.05) is 7.11 Å². The first-order valence-electron chi connectivity index (χ1n) is 9.07. The molecule has 1 aliphatic rings. The highest BCUT2D eigenvalue weighted by molar-refractivity contribution is 5.76. The molecular weight excluding hydrogens is 326 g/mol. The van der Waals surface area contributed by atoms with E-state index in [0.717, 1.165) is 11.3 Å². The Kier molecular flexibility index (Phi) is 5.91. The molecule has 0 radical (unpaired) electrons. The van der Waals surface area contributed by atoms with Crippen molar-refractivity contribution in [3.8, 4) is 5.75 Å². The molecular formula is C21H27N3O2. The summed E-state index contributed by atoms with van der Waals surface area (Å²) >= 11 is 0. The van der Waals surface area contributed by atoms with Gasteiger partial charge in [0.15, 0.2) is 0 Å². The molecule has 0 spiro atoms. The number of aryl methyl sites for hydroxylation is 2. The van der Waals surface area contributed by atoms with Gasteiger partial charge < -0.3 is 10.1 Å². The third kappa shape index (κ3) is 4.42. The van der Waals surface area contributed by atoms with Gasteiger partial charge in [-0.25, -0.2) is 5.43 Å². The number of carbonyl (C=O) groups excluding carboxylic acids is 1. The van der Waals surface area contributed by atoms with Crippen molar-refractivity contribution in [1.29, 1.82) is 0 Å². The second-order valence-electron chi connectivity index (χ2n) is 6.91. The normalized spacial score (nSPS) is 22.2. The molecule has 5 heteroatoms. The average molecular weight is 353 g/mol. The summed E-state index contributed by atoms with van der Waals surface area (Å²) in [7, 11) is 1.65. The van der Waals surface area contributed by atoms with E-state index in [4.69, 9.17) is 4.74 Å². The zero-order valence-corrected chi connectivity index (χ0v) is 15.6. The standard InChI is InChI=1S/C21H27N3O2/c1-14-6-4-8-17(12-14)20-15(2)23-24-21(20)22-19(25)11-10-16-7-5-9-18(13-16)26-3/h4-9,12-13,15,20-21,23-24H,10-11H2,1-3H3,(H,22,25). The van der Waals surface area contributed by atoms with Crippen molar-refractivity contribution in [2.24, 2.45) is 0 Å². The minimum Gasteiger partial charge on any atom is -0.497 e. The summed E-state index contributed by atoms with van der Waals surface area (Å²) in [5.74, 6) is 1.05. The molecule has 1 amide bonds. The van der Waals surface area contributed by atoms with Crippen LogP contribution >= 0.6 is 0 Å². The Labute approximate surface area is 155 Å². The van der Waals surface area contributed by atoms with Crippen molar-refractivity contribution in [3.63, 3.8) is 0 Å². The molecule has 3 atom stereocenters. The summed E-state index contributed by atoms with van der Waals surface area (Å²) in [5, 5.41) is 3.13. The third-order valence-electron chi connectivity index (χ3n) is 4.88. The average Bonchev–Trinajstić information content (AvgIpc) is 3.00. The summed E-state index contributed by atoms with van der Waals surface area (Å²) in [6, 6.07) is 16.5. The van der Waals surface area contributed by atoms with Gasteiger partial charge in [-0.15, -0.1) is 0 Å². The Balaban J connectivity index is 1.60. The smallest absolute Gasteiger partial charge is 0.221 e. The van der Waals surface area contributed by atoms with Gasteiger partial charge >= 0.3 is 0 Å². The molecule has 2 aromatic rings. The van der Waals surface area contributed by atoms with Crippen LogP contribution in [0.15, 0.2) is 48.5 Å². The number of nitrogens with one attached hydrogen (secondary N) is 3. The molecule has 0 saturated carbocycles. The van der Waals surface area contributed by atoms with Crippen LogP contribution in [0.2, 0.25) is 0 Å². The van der Waals surface area contributed by atoms with Crippen LogP contribution in [-0.2, 0) is 11.2 Å². The van der Waals surface area contributed by atoms with Crippen LogP contribution in [-0.4, -0.2) is 25.2 Å². The number of carbonyl (C=O) groups is 1. The molecule has 26 heavy (non-hydrogen) atoms. The lowest BCUT2D eigenvalue weighted by Crippen LogP contribution is -2.46. The van der Waals surface area contributed by atoms with Gasteiger partial charge in [0.25, 0.3) is 0 Å². The van der Waals surface area contributed by atoms with Crippen molar-refractivity contribution >= 4 is 5.91 Å². The lowest BCUT2D eigenvalue weighted by molar-refractivity contribution is -0.122. The summed E-state index contributed by atoms with van der Waals surface area (Å²) < 4.78 is 5.23. The van der Waals surface area contributed by atoms with Gasteiger partial charge in [0.2, 0.25) is 5.91 Å². The molecule has 0 bridgehead atoms. The van der Waals surface area contributed by atoms with E-state index >= 15 is 0 Å². The number of benzene rings is 2. The number of methoxy groups -OCH3 is 1. The van der Waals surface area contributed by atoms with E-state index in [1.165, 1.54) is 11.1 Å². The van der Waals surface area contributed by atoms with Gasteiger partial charge in [-0.05, 0) is 43.5 Å². The predicted molar refractivity (Wildman–Crippen MR) is 103 cm³/mol. The van der Waals surface area contributed by atoms with Crippen LogP contribution in [0, 0.1) is 6.92 Å². The maximum atomic E-state index is 12.5. The lowest BCUT2D eigenvalue weighted by Gasteiger charge is -2.23. The molecule has 1 aliphatic heterocycles. The van der Waals surface area contributed by atoms with Crippen molar-refractivity contribution in [1.82, 2.24) is 16.2 Å². The quantitative estimate of drug-likeness (QED) is 0.747. The highest BCUT2D eigenvalue weighted by Crippen LogP contribution is 2.26. The number of hydrogen-bond donors (Lipinski definition) is 3. The number of rotatable bonds is 6. The molecule has 3 rings (SSSR count). The summed E-state index contributed by atoms with van der Waals surface area (Å²) in [5.41, 5.74) is 10.0. The van der Waals surface area contributed by atoms with Gasteiger partial charge in [0.1, 0.15) is 11.9 Å². The maximum absolute atomic E-state index is 12.5. The Morgan fingerprint density at radius 3 is 2.73 bits per heavy atom. The molecule has 3 N–H and O–H groups in total.